The molecule has 2 aliphatic heterocycles. The van der Waals surface area contributed by atoms with Crippen molar-refractivity contribution in [3.8, 4) is 0 Å². The minimum absolute atomic E-state index is 0.105. The van der Waals surface area contributed by atoms with E-state index < -0.39 is 77.4 Å². The minimum atomic E-state index is -2.13. The standard InChI is InChI=1S/C34H48N2O9/c1-17-13-20-25(21(38)14-17)28(40)26-19(27(20)39)5-4-6-22(26)44-30-29(41)34(43)23(7-11-33(16-37,45-30)31(34)42)32(9-2-3-10-32)18-8-12-36-24(35)15-18/h7,11,13-14,18-20,22-26,29-31,36-38,41-43H,2-6,8-10,12,15-16,35H2,1H3. The van der Waals surface area contributed by atoms with E-state index in [0.29, 0.717) is 25.7 Å². The quantitative estimate of drug-likeness (QED) is 0.216. The van der Waals surface area contributed by atoms with E-state index >= 15 is 0 Å². The molecule has 0 spiro atoms. The molecule has 0 aromatic rings. The highest BCUT2D eigenvalue weighted by Crippen LogP contribution is 2.61. The molecule has 2 bridgehead atoms. The van der Waals surface area contributed by atoms with Crippen LogP contribution >= 0.6 is 0 Å². The van der Waals surface area contributed by atoms with Crippen LogP contribution in [0.25, 0.3) is 0 Å². The van der Waals surface area contributed by atoms with Crippen molar-refractivity contribution in [2.75, 3.05) is 13.2 Å². The number of carbonyl (C=O) groups is 2. The van der Waals surface area contributed by atoms with Crippen molar-refractivity contribution in [2.24, 2.45) is 46.7 Å². The summed E-state index contributed by atoms with van der Waals surface area (Å²) in [6.07, 6.45) is 7.41. The molecular weight excluding hydrogens is 580 g/mol. The average molecular weight is 629 g/mol. The number of hydrogen-bond acceptors (Lipinski definition) is 11. The van der Waals surface area contributed by atoms with E-state index in [2.05, 4.69) is 5.32 Å². The van der Waals surface area contributed by atoms with E-state index in [-0.39, 0.29) is 29.4 Å². The van der Waals surface area contributed by atoms with E-state index in [0.717, 1.165) is 44.2 Å². The lowest BCUT2D eigenvalue weighted by Gasteiger charge is -2.62. The van der Waals surface area contributed by atoms with Crippen LogP contribution in [0.2, 0.25) is 0 Å². The zero-order valence-corrected chi connectivity index (χ0v) is 25.9. The minimum Gasteiger partial charge on any atom is -0.512 e. The number of nitrogens with one attached hydrogen (secondary N) is 1. The molecule has 2 saturated heterocycles. The fourth-order valence-electron chi connectivity index (χ4n) is 10.6. The number of allylic oxidation sites excluding steroid dienone is 4. The van der Waals surface area contributed by atoms with Crippen molar-refractivity contribution in [1.82, 2.24) is 5.32 Å². The van der Waals surface area contributed by atoms with Crippen molar-refractivity contribution in [3.05, 3.63) is 35.6 Å². The number of aliphatic hydroxyl groups excluding tert-OH is 4. The maximum Gasteiger partial charge on any atom is 0.188 e. The molecule has 5 aliphatic carbocycles. The first-order valence-corrected chi connectivity index (χ1v) is 16.8. The fourth-order valence-corrected chi connectivity index (χ4v) is 10.6. The number of hydrogen-bond donors (Lipinski definition) is 7. The smallest absolute Gasteiger partial charge is 0.188 e. The number of rotatable bonds is 5. The van der Waals surface area contributed by atoms with Crippen LogP contribution in [0.15, 0.2) is 35.6 Å². The van der Waals surface area contributed by atoms with Gasteiger partial charge in [-0.05, 0) is 69.4 Å². The normalized spacial score (nSPS) is 49.2. The second-order valence-electron chi connectivity index (χ2n) is 14.9. The molecule has 0 aromatic heterocycles. The largest absolute Gasteiger partial charge is 0.512 e. The summed E-state index contributed by atoms with van der Waals surface area (Å²) in [5, 5.41) is 61.0. The van der Waals surface area contributed by atoms with Crippen LogP contribution in [0.1, 0.15) is 64.7 Å². The molecule has 45 heavy (non-hydrogen) atoms. The second kappa shape index (κ2) is 11.3. The van der Waals surface area contributed by atoms with Crippen LogP contribution in [0, 0.1) is 40.9 Å². The molecule has 7 rings (SSSR count). The summed E-state index contributed by atoms with van der Waals surface area (Å²) in [5.41, 5.74) is 2.76. The number of Topliss-reactive ketones (excluding diaryl/α,β-unsaturated/α-hetero) is 2. The molecule has 11 nitrogen and oxygen atoms in total. The van der Waals surface area contributed by atoms with Crippen LogP contribution in [0.5, 0.6) is 0 Å². The predicted octanol–water partition coefficient (Wildman–Crippen LogP) is 1.15. The van der Waals surface area contributed by atoms with Gasteiger partial charge in [-0.15, -0.1) is 0 Å². The van der Waals surface area contributed by atoms with Gasteiger partial charge < -0.3 is 46.1 Å². The van der Waals surface area contributed by atoms with Gasteiger partial charge in [-0.2, -0.15) is 0 Å². The van der Waals surface area contributed by atoms with Gasteiger partial charge in [0.05, 0.1) is 36.6 Å². The third kappa shape index (κ3) is 4.60. The Morgan fingerprint density at radius 1 is 1.11 bits per heavy atom. The molecule has 2 heterocycles. The highest BCUT2D eigenvalue weighted by atomic mass is 16.7. The Morgan fingerprint density at radius 2 is 1.87 bits per heavy atom. The van der Waals surface area contributed by atoms with Gasteiger partial charge in [-0.1, -0.05) is 43.1 Å². The molecule has 8 N–H and O–H groups in total. The predicted molar refractivity (Wildman–Crippen MR) is 161 cm³/mol. The molecule has 248 valence electrons. The molecule has 13 atom stereocenters. The first kappa shape index (κ1) is 31.6. The van der Waals surface area contributed by atoms with Gasteiger partial charge in [-0.3, -0.25) is 9.59 Å². The SMILES string of the molecule is CC1=CC2C(=O)C3CCCC(OC4OC5(CO)C=CC(C6(C7CCNC(N)C7)CCCC6)C(O)(C4O)C5O)C3C(=O)C2C(O)=C1. The lowest BCUT2D eigenvalue weighted by molar-refractivity contribution is -0.381. The lowest BCUT2D eigenvalue weighted by atomic mass is 9.52. The van der Waals surface area contributed by atoms with Gasteiger partial charge in [0.15, 0.2) is 12.1 Å². The molecule has 0 amide bonds. The maximum absolute atomic E-state index is 14.0. The van der Waals surface area contributed by atoms with Crippen LogP contribution in [-0.2, 0) is 19.1 Å². The van der Waals surface area contributed by atoms with E-state index in [4.69, 9.17) is 15.2 Å². The Bertz CT molecular complexity index is 1310. The van der Waals surface area contributed by atoms with E-state index in [9.17, 15) is 35.1 Å². The van der Waals surface area contributed by atoms with Gasteiger partial charge in [0.25, 0.3) is 0 Å². The van der Waals surface area contributed by atoms with Crippen LogP contribution in [0.4, 0.5) is 0 Å². The van der Waals surface area contributed by atoms with Crippen molar-refractivity contribution < 1.29 is 44.6 Å². The average Bonchev–Trinajstić information content (AvgIpc) is 3.51. The van der Waals surface area contributed by atoms with Gasteiger partial charge in [0, 0.05) is 11.8 Å². The van der Waals surface area contributed by atoms with Crippen LogP contribution in [0.3, 0.4) is 0 Å². The van der Waals surface area contributed by atoms with E-state index in [1.165, 1.54) is 6.08 Å². The second-order valence-corrected chi connectivity index (χ2v) is 14.9. The lowest BCUT2D eigenvalue weighted by Crippen LogP contribution is -2.78. The summed E-state index contributed by atoms with van der Waals surface area (Å²) in [6.45, 7) is 1.86. The Kier molecular flexibility index (Phi) is 7.97. The molecule has 0 aromatic carbocycles. The van der Waals surface area contributed by atoms with Crippen molar-refractivity contribution in [3.63, 3.8) is 0 Å². The fraction of sp³-hybridized carbons (Fsp3) is 0.765. The topological polar surface area (TPSA) is 192 Å². The first-order valence-electron chi connectivity index (χ1n) is 16.8. The zero-order valence-electron chi connectivity index (χ0n) is 25.9. The first-order chi connectivity index (χ1) is 21.5. The van der Waals surface area contributed by atoms with Gasteiger partial charge in [0.2, 0.25) is 0 Å². The number of ether oxygens (including phenoxy) is 2. The molecular formula is C34H48N2O9. The molecule has 0 radical (unpaired) electrons. The zero-order chi connectivity index (χ0) is 31.9. The third-order valence-corrected chi connectivity index (χ3v) is 12.7. The Labute approximate surface area is 263 Å². The number of fused-ring (bicyclic) bond motifs is 4. The molecule has 13 unspecified atom stereocenters. The Morgan fingerprint density at radius 3 is 2.58 bits per heavy atom. The van der Waals surface area contributed by atoms with Gasteiger partial charge >= 0.3 is 0 Å². The summed E-state index contributed by atoms with van der Waals surface area (Å²) in [7, 11) is 0. The summed E-state index contributed by atoms with van der Waals surface area (Å²) in [6, 6.07) is 0. The summed E-state index contributed by atoms with van der Waals surface area (Å²) in [5.74, 6) is -4.21. The Balaban J connectivity index is 1.22. The summed E-state index contributed by atoms with van der Waals surface area (Å²) < 4.78 is 12.6. The van der Waals surface area contributed by atoms with E-state index in [1.807, 2.05) is 6.08 Å². The van der Waals surface area contributed by atoms with Crippen LogP contribution in [-0.4, -0.2) is 92.2 Å². The number of piperidine rings is 1. The van der Waals surface area contributed by atoms with Gasteiger partial charge in [-0.25, -0.2) is 0 Å². The molecule has 11 heteroatoms. The van der Waals surface area contributed by atoms with Crippen LogP contribution < -0.4 is 11.1 Å². The molecule has 5 fully saturated rings. The van der Waals surface area contributed by atoms with Crippen molar-refractivity contribution >= 4 is 11.6 Å². The highest BCUT2D eigenvalue weighted by molar-refractivity contribution is 6.02. The number of aliphatic hydroxyl groups is 5. The number of nitrogens with two attached hydrogens (primary N) is 1. The monoisotopic (exact) mass is 628 g/mol. The van der Waals surface area contributed by atoms with Crippen molar-refractivity contribution in [2.45, 2.75) is 107 Å². The highest BCUT2D eigenvalue weighted by Gasteiger charge is 2.70. The number of ketones is 2. The Hall–Kier alpha value is -1.96. The molecule has 7 aliphatic rings. The van der Waals surface area contributed by atoms with Crippen molar-refractivity contribution in [1.29, 1.82) is 0 Å². The number of carbonyl (C=O) groups excluding carboxylic acids is 2. The third-order valence-electron chi connectivity index (χ3n) is 12.7. The summed E-state index contributed by atoms with van der Waals surface area (Å²) >= 11 is 0. The van der Waals surface area contributed by atoms with Gasteiger partial charge in [0.1, 0.15) is 35.0 Å². The summed E-state index contributed by atoms with van der Waals surface area (Å²) in [4.78, 5) is 27.7. The maximum atomic E-state index is 14.0. The van der Waals surface area contributed by atoms with E-state index in [1.54, 1.807) is 19.1 Å². The molecule has 3 saturated carbocycles.